The van der Waals surface area contributed by atoms with Gasteiger partial charge < -0.3 is 10.6 Å². The predicted octanol–water partition coefficient (Wildman–Crippen LogP) is 3.98. The molecule has 0 saturated heterocycles. The highest BCUT2D eigenvalue weighted by Crippen LogP contribution is 2.25. The van der Waals surface area contributed by atoms with Gasteiger partial charge in [0, 0.05) is 23.9 Å². The molecule has 0 spiro atoms. The number of hydrogen-bond donors (Lipinski definition) is 2. The van der Waals surface area contributed by atoms with E-state index in [2.05, 4.69) is 15.6 Å². The van der Waals surface area contributed by atoms with Crippen molar-refractivity contribution in [1.82, 2.24) is 4.98 Å². The number of aromatic nitrogens is 1. The standard InChI is InChI=1S/C14H14F3N3/c1-3-18-13-10(16)7-11(17)14(20-13)19-12-6-4-5-9(15)8(12)2/h4-7H,3H2,1-2H3,(H2,18,19,20). The quantitative estimate of drug-likeness (QED) is 0.890. The van der Waals surface area contributed by atoms with Crippen molar-refractivity contribution in [2.75, 3.05) is 17.2 Å². The second kappa shape index (κ2) is 5.81. The third-order valence-electron chi connectivity index (χ3n) is 2.79. The summed E-state index contributed by atoms with van der Waals surface area (Å²) in [4.78, 5) is 3.83. The molecule has 106 valence electrons. The van der Waals surface area contributed by atoms with Crippen LogP contribution in [-0.4, -0.2) is 11.5 Å². The minimum Gasteiger partial charge on any atom is -0.368 e. The fraction of sp³-hybridized carbons (Fsp3) is 0.214. The lowest BCUT2D eigenvalue weighted by Crippen LogP contribution is -2.07. The average molecular weight is 281 g/mol. The molecule has 1 aromatic heterocycles. The first kappa shape index (κ1) is 14.2. The summed E-state index contributed by atoms with van der Waals surface area (Å²) in [6.45, 7) is 3.78. The minimum absolute atomic E-state index is 0.0505. The lowest BCUT2D eigenvalue weighted by molar-refractivity contribution is 0.579. The molecule has 20 heavy (non-hydrogen) atoms. The summed E-state index contributed by atoms with van der Waals surface area (Å²) in [5.41, 5.74) is 0.716. The van der Waals surface area contributed by atoms with E-state index in [1.807, 2.05) is 0 Å². The molecule has 0 aliphatic heterocycles. The third-order valence-corrected chi connectivity index (χ3v) is 2.79. The normalized spacial score (nSPS) is 10.4. The molecule has 0 bridgehead atoms. The van der Waals surface area contributed by atoms with Crippen LogP contribution in [0.25, 0.3) is 0 Å². The molecule has 0 radical (unpaired) electrons. The number of rotatable bonds is 4. The topological polar surface area (TPSA) is 37.0 Å². The van der Waals surface area contributed by atoms with E-state index in [4.69, 9.17) is 0 Å². The molecule has 0 fully saturated rings. The van der Waals surface area contributed by atoms with Crippen LogP contribution in [0.3, 0.4) is 0 Å². The molecule has 2 aromatic rings. The number of hydrogen-bond acceptors (Lipinski definition) is 3. The maximum absolute atomic E-state index is 13.7. The van der Waals surface area contributed by atoms with E-state index in [-0.39, 0.29) is 11.6 Å². The zero-order chi connectivity index (χ0) is 14.7. The van der Waals surface area contributed by atoms with Crippen LogP contribution in [0.1, 0.15) is 12.5 Å². The summed E-state index contributed by atoms with van der Waals surface area (Å²) in [6.07, 6.45) is 0. The van der Waals surface area contributed by atoms with Gasteiger partial charge in [-0.15, -0.1) is 0 Å². The lowest BCUT2D eigenvalue weighted by Gasteiger charge is -2.12. The fourth-order valence-corrected chi connectivity index (χ4v) is 1.72. The molecule has 0 saturated carbocycles. The lowest BCUT2D eigenvalue weighted by atomic mass is 10.2. The summed E-state index contributed by atoms with van der Waals surface area (Å²) >= 11 is 0. The van der Waals surface area contributed by atoms with E-state index in [0.717, 1.165) is 6.07 Å². The number of nitrogens with one attached hydrogen (secondary N) is 2. The number of anilines is 3. The van der Waals surface area contributed by atoms with Crippen molar-refractivity contribution < 1.29 is 13.2 Å². The van der Waals surface area contributed by atoms with Crippen molar-refractivity contribution in [3.05, 3.63) is 47.3 Å². The Hall–Kier alpha value is -2.24. The van der Waals surface area contributed by atoms with E-state index >= 15 is 0 Å². The smallest absolute Gasteiger partial charge is 0.169 e. The van der Waals surface area contributed by atoms with Gasteiger partial charge in [0.05, 0.1) is 0 Å². The van der Waals surface area contributed by atoms with Crippen LogP contribution in [0.2, 0.25) is 0 Å². The van der Waals surface area contributed by atoms with Gasteiger partial charge >= 0.3 is 0 Å². The monoisotopic (exact) mass is 281 g/mol. The van der Waals surface area contributed by atoms with Gasteiger partial charge in [-0.25, -0.2) is 18.2 Å². The second-order valence-electron chi connectivity index (χ2n) is 4.22. The molecule has 0 aliphatic rings. The molecule has 1 aromatic carbocycles. The fourth-order valence-electron chi connectivity index (χ4n) is 1.72. The maximum atomic E-state index is 13.7. The molecule has 6 heteroatoms. The summed E-state index contributed by atoms with van der Waals surface area (Å²) in [6, 6.07) is 5.13. The largest absolute Gasteiger partial charge is 0.368 e. The Morgan fingerprint density at radius 2 is 1.75 bits per heavy atom. The summed E-state index contributed by atoms with van der Waals surface area (Å²) in [7, 11) is 0. The Morgan fingerprint density at radius 1 is 1.05 bits per heavy atom. The molecule has 0 atom stereocenters. The molecule has 2 rings (SSSR count). The van der Waals surface area contributed by atoms with Crippen molar-refractivity contribution in [1.29, 1.82) is 0 Å². The second-order valence-corrected chi connectivity index (χ2v) is 4.22. The van der Waals surface area contributed by atoms with Gasteiger partial charge in [0.2, 0.25) is 0 Å². The van der Waals surface area contributed by atoms with Crippen molar-refractivity contribution >= 4 is 17.3 Å². The molecule has 0 amide bonds. The van der Waals surface area contributed by atoms with Gasteiger partial charge in [0.25, 0.3) is 0 Å². The van der Waals surface area contributed by atoms with Crippen LogP contribution in [-0.2, 0) is 0 Å². The SMILES string of the molecule is CCNc1nc(Nc2cccc(F)c2C)c(F)cc1F. The van der Waals surface area contributed by atoms with Gasteiger partial charge in [0.15, 0.2) is 23.3 Å². The summed E-state index contributed by atoms with van der Waals surface area (Å²) < 4.78 is 40.6. The molecular weight excluding hydrogens is 267 g/mol. The summed E-state index contributed by atoms with van der Waals surface area (Å²) in [5, 5.41) is 5.36. The highest BCUT2D eigenvalue weighted by molar-refractivity contribution is 5.62. The van der Waals surface area contributed by atoms with Gasteiger partial charge in [-0.3, -0.25) is 0 Å². The highest BCUT2D eigenvalue weighted by atomic mass is 19.1. The first-order valence-electron chi connectivity index (χ1n) is 6.15. The van der Waals surface area contributed by atoms with Crippen LogP contribution in [0.5, 0.6) is 0 Å². The molecular formula is C14H14F3N3. The zero-order valence-corrected chi connectivity index (χ0v) is 11.1. The van der Waals surface area contributed by atoms with Crippen molar-refractivity contribution in [3.8, 4) is 0 Å². The third kappa shape index (κ3) is 2.84. The van der Waals surface area contributed by atoms with Crippen LogP contribution >= 0.6 is 0 Å². The van der Waals surface area contributed by atoms with Gasteiger partial charge in [-0.05, 0) is 26.0 Å². The van der Waals surface area contributed by atoms with E-state index in [9.17, 15) is 13.2 Å². The molecule has 3 nitrogen and oxygen atoms in total. The Labute approximate surface area is 114 Å². The first-order chi connectivity index (χ1) is 9.52. The molecule has 0 unspecified atom stereocenters. The van der Waals surface area contributed by atoms with Crippen LogP contribution in [0.4, 0.5) is 30.5 Å². The first-order valence-corrected chi connectivity index (χ1v) is 6.15. The molecule has 2 N–H and O–H groups in total. The number of pyridine rings is 1. The van der Waals surface area contributed by atoms with E-state index in [0.29, 0.717) is 17.8 Å². The Balaban J connectivity index is 2.38. The minimum atomic E-state index is -0.840. The van der Waals surface area contributed by atoms with Crippen LogP contribution < -0.4 is 10.6 Å². The number of benzene rings is 1. The van der Waals surface area contributed by atoms with Crippen molar-refractivity contribution in [2.24, 2.45) is 0 Å². The molecule has 0 aliphatic carbocycles. The summed E-state index contributed by atoms with van der Waals surface area (Å²) in [5.74, 6) is -2.23. The van der Waals surface area contributed by atoms with E-state index in [1.165, 1.54) is 12.1 Å². The number of halogens is 3. The van der Waals surface area contributed by atoms with Crippen molar-refractivity contribution in [3.63, 3.8) is 0 Å². The van der Waals surface area contributed by atoms with E-state index < -0.39 is 17.5 Å². The van der Waals surface area contributed by atoms with E-state index in [1.54, 1.807) is 19.9 Å². The molecule has 1 heterocycles. The highest BCUT2D eigenvalue weighted by Gasteiger charge is 2.13. The average Bonchev–Trinajstić information content (AvgIpc) is 2.40. The number of nitrogens with zero attached hydrogens (tertiary/aromatic N) is 1. The maximum Gasteiger partial charge on any atom is 0.169 e. The van der Waals surface area contributed by atoms with Gasteiger partial charge in [-0.2, -0.15) is 0 Å². The van der Waals surface area contributed by atoms with Crippen LogP contribution in [0, 0.1) is 24.4 Å². The zero-order valence-electron chi connectivity index (χ0n) is 11.1. The Morgan fingerprint density at radius 3 is 2.45 bits per heavy atom. The van der Waals surface area contributed by atoms with Crippen LogP contribution in [0.15, 0.2) is 24.3 Å². The Bertz CT molecular complexity index is 629. The van der Waals surface area contributed by atoms with Gasteiger partial charge in [-0.1, -0.05) is 6.07 Å². The van der Waals surface area contributed by atoms with Gasteiger partial charge in [0.1, 0.15) is 5.82 Å². The van der Waals surface area contributed by atoms with Crippen molar-refractivity contribution in [2.45, 2.75) is 13.8 Å². The predicted molar refractivity (Wildman–Crippen MR) is 72.7 cm³/mol. The Kier molecular flexibility index (Phi) is 4.12.